The van der Waals surface area contributed by atoms with Gasteiger partial charge in [-0.2, -0.15) is 13.2 Å². The molecule has 0 bridgehead atoms. The molecule has 5 nitrogen and oxygen atoms in total. The number of anilines is 1. The summed E-state index contributed by atoms with van der Waals surface area (Å²) in [5.74, 6) is -1.34. The fourth-order valence-corrected chi connectivity index (χ4v) is 3.90. The Bertz CT molecular complexity index is 1280. The Morgan fingerprint density at radius 2 is 1.69 bits per heavy atom. The third kappa shape index (κ3) is 4.23. The summed E-state index contributed by atoms with van der Waals surface area (Å²) < 4.78 is 41.5. The molecule has 1 aliphatic heterocycles. The van der Waals surface area contributed by atoms with Gasteiger partial charge in [0.1, 0.15) is 5.57 Å². The highest BCUT2D eigenvalue weighted by Gasteiger charge is 2.35. The molecule has 2 heterocycles. The number of amides is 2. The van der Waals surface area contributed by atoms with E-state index in [9.17, 15) is 22.8 Å². The van der Waals surface area contributed by atoms with Crippen molar-refractivity contribution in [3.05, 3.63) is 88.2 Å². The lowest BCUT2D eigenvalue weighted by molar-refractivity contribution is -0.137. The molecular weight excluding hydrogens is 507 g/mol. The zero-order chi connectivity index (χ0) is 23.0. The SMILES string of the molecule is O=C1NC(=S)N(c2cccc(Br)c2)C(=O)C1=Cc1cccn1-c1cccc(C(F)(F)F)c1. The zero-order valence-corrected chi connectivity index (χ0v) is 18.5. The summed E-state index contributed by atoms with van der Waals surface area (Å²) in [7, 11) is 0. The van der Waals surface area contributed by atoms with Crippen molar-refractivity contribution in [1.29, 1.82) is 0 Å². The molecule has 32 heavy (non-hydrogen) atoms. The van der Waals surface area contributed by atoms with Crippen molar-refractivity contribution in [1.82, 2.24) is 9.88 Å². The number of carbonyl (C=O) groups is 2. The van der Waals surface area contributed by atoms with Crippen molar-refractivity contribution in [2.24, 2.45) is 0 Å². The molecule has 0 aliphatic carbocycles. The number of nitrogens with zero attached hydrogens (tertiary/aromatic N) is 2. The Balaban J connectivity index is 1.75. The molecule has 1 aliphatic rings. The molecule has 2 amide bonds. The number of hydrogen-bond acceptors (Lipinski definition) is 3. The van der Waals surface area contributed by atoms with Crippen molar-refractivity contribution < 1.29 is 22.8 Å². The molecule has 2 aromatic carbocycles. The molecule has 0 spiro atoms. The maximum Gasteiger partial charge on any atom is 0.416 e. The van der Waals surface area contributed by atoms with Crippen LogP contribution in [0.2, 0.25) is 0 Å². The largest absolute Gasteiger partial charge is 0.416 e. The van der Waals surface area contributed by atoms with Crippen LogP contribution in [0.5, 0.6) is 0 Å². The second-order valence-electron chi connectivity index (χ2n) is 6.79. The van der Waals surface area contributed by atoms with Gasteiger partial charge in [-0.15, -0.1) is 0 Å². The molecule has 1 saturated heterocycles. The minimum Gasteiger partial charge on any atom is -0.317 e. The number of hydrogen-bond donors (Lipinski definition) is 1. The van der Waals surface area contributed by atoms with Crippen LogP contribution in [0, 0.1) is 0 Å². The van der Waals surface area contributed by atoms with Gasteiger partial charge in [-0.05, 0) is 66.8 Å². The summed E-state index contributed by atoms with van der Waals surface area (Å²) in [6, 6.07) is 14.8. The predicted molar refractivity (Wildman–Crippen MR) is 121 cm³/mol. The molecule has 0 atom stereocenters. The number of nitrogens with one attached hydrogen (secondary N) is 1. The van der Waals surface area contributed by atoms with Gasteiger partial charge < -0.3 is 4.57 Å². The molecular formula is C22H13BrF3N3O2S. The van der Waals surface area contributed by atoms with Crippen LogP contribution >= 0.6 is 28.1 Å². The van der Waals surface area contributed by atoms with E-state index in [-0.39, 0.29) is 16.4 Å². The van der Waals surface area contributed by atoms with E-state index in [1.54, 1.807) is 42.6 Å². The van der Waals surface area contributed by atoms with Crippen LogP contribution in [0.1, 0.15) is 11.3 Å². The second kappa shape index (κ2) is 8.36. The fourth-order valence-electron chi connectivity index (χ4n) is 3.23. The number of halogens is 4. The summed E-state index contributed by atoms with van der Waals surface area (Å²) in [6.07, 6.45) is -1.63. The van der Waals surface area contributed by atoms with Crippen LogP contribution < -0.4 is 10.2 Å². The third-order valence-corrected chi connectivity index (χ3v) is 5.47. The summed E-state index contributed by atoms with van der Waals surface area (Å²) in [5, 5.41) is 2.42. The van der Waals surface area contributed by atoms with E-state index in [0.29, 0.717) is 15.9 Å². The highest BCUT2D eigenvalue weighted by molar-refractivity contribution is 9.10. The van der Waals surface area contributed by atoms with Gasteiger partial charge >= 0.3 is 6.18 Å². The first-order valence-corrected chi connectivity index (χ1v) is 10.4. The van der Waals surface area contributed by atoms with Gasteiger partial charge in [0.15, 0.2) is 5.11 Å². The number of benzene rings is 2. The van der Waals surface area contributed by atoms with Crippen LogP contribution in [0.3, 0.4) is 0 Å². The summed E-state index contributed by atoms with van der Waals surface area (Å²) in [4.78, 5) is 26.9. The number of carbonyl (C=O) groups excluding carboxylic acids is 2. The van der Waals surface area contributed by atoms with Crippen LogP contribution in [-0.4, -0.2) is 21.5 Å². The Morgan fingerprint density at radius 1 is 0.969 bits per heavy atom. The first-order valence-electron chi connectivity index (χ1n) is 9.17. The predicted octanol–water partition coefficient (Wildman–Crippen LogP) is 5.09. The summed E-state index contributed by atoms with van der Waals surface area (Å²) >= 11 is 8.51. The van der Waals surface area contributed by atoms with E-state index in [0.717, 1.165) is 12.1 Å². The molecule has 1 aromatic heterocycles. The molecule has 3 aromatic rings. The number of alkyl halides is 3. The van der Waals surface area contributed by atoms with Crippen LogP contribution in [0.15, 0.2) is 76.9 Å². The molecule has 4 rings (SSSR count). The monoisotopic (exact) mass is 519 g/mol. The maximum atomic E-state index is 13.2. The Morgan fingerprint density at radius 3 is 2.41 bits per heavy atom. The van der Waals surface area contributed by atoms with E-state index in [2.05, 4.69) is 21.2 Å². The van der Waals surface area contributed by atoms with Crippen molar-refractivity contribution in [3.63, 3.8) is 0 Å². The first kappa shape index (κ1) is 22.0. The summed E-state index contributed by atoms with van der Waals surface area (Å²) in [5.41, 5.74) is 0.0311. The lowest BCUT2D eigenvalue weighted by Crippen LogP contribution is -2.54. The molecule has 162 valence electrons. The highest BCUT2D eigenvalue weighted by Crippen LogP contribution is 2.31. The van der Waals surface area contributed by atoms with E-state index in [1.165, 1.54) is 27.7 Å². The van der Waals surface area contributed by atoms with Crippen molar-refractivity contribution in [2.45, 2.75) is 6.18 Å². The maximum absolute atomic E-state index is 13.2. The van der Waals surface area contributed by atoms with Gasteiger partial charge in [-0.3, -0.25) is 19.8 Å². The van der Waals surface area contributed by atoms with E-state index >= 15 is 0 Å². The van der Waals surface area contributed by atoms with Crippen molar-refractivity contribution in [2.75, 3.05) is 4.90 Å². The van der Waals surface area contributed by atoms with E-state index in [4.69, 9.17) is 12.2 Å². The average Bonchev–Trinajstić information content (AvgIpc) is 3.19. The Kier molecular flexibility index (Phi) is 5.74. The molecule has 0 unspecified atom stereocenters. The van der Waals surface area contributed by atoms with Gasteiger partial charge in [0.25, 0.3) is 11.8 Å². The minimum atomic E-state index is -4.50. The highest BCUT2D eigenvalue weighted by atomic mass is 79.9. The molecule has 0 radical (unpaired) electrons. The molecule has 1 N–H and O–H groups in total. The second-order valence-corrected chi connectivity index (χ2v) is 8.09. The number of thiocarbonyl (C=S) groups is 1. The normalized spacial score (nSPS) is 15.9. The van der Waals surface area contributed by atoms with E-state index in [1.807, 2.05) is 0 Å². The van der Waals surface area contributed by atoms with Crippen LogP contribution in [-0.2, 0) is 15.8 Å². The van der Waals surface area contributed by atoms with Crippen LogP contribution in [0.25, 0.3) is 11.8 Å². The Hall–Kier alpha value is -3.24. The average molecular weight is 520 g/mol. The topological polar surface area (TPSA) is 54.3 Å². The van der Waals surface area contributed by atoms with E-state index < -0.39 is 23.6 Å². The molecule has 1 fully saturated rings. The van der Waals surface area contributed by atoms with Crippen LogP contribution in [0.4, 0.5) is 18.9 Å². The number of aromatic nitrogens is 1. The van der Waals surface area contributed by atoms with Crippen molar-refractivity contribution >= 4 is 56.8 Å². The van der Waals surface area contributed by atoms with Gasteiger partial charge in [0.05, 0.1) is 11.3 Å². The standard InChI is InChI=1S/C22H13BrF3N3O2S/c23-14-5-2-7-17(11-14)29-20(31)18(19(30)27-21(29)32)12-16-8-3-9-28(16)15-6-1-4-13(10-15)22(24,25)26/h1-12H,(H,27,30,32). The first-order chi connectivity index (χ1) is 15.1. The molecule has 10 heteroatoms. The Labute approximate surface area is 194 Å². The minimum absolute atomic E-state index is 0.0662. The zero-order valence-electron chi connectivity index (χ0n) is 16.1. The fraction of sp³-hybridized carbons (Fsp3) is 0.0455. The summed E-state index contributed by atoms with van der Waals surface area (Å²) in [6.45, 7) is 0. The smallest absolute Gasteiger partial charge is 0.317 e. The van der Waals surface area contributed by atoms with Gasteiger partial charge in [0, 0.05) is 22.1 Å². The van der Waals surface area contributed by atoms with Gasteiger partial charge in [-0.25, -0.2) is 0 Å². The molecule has 0 saturated carbocycles. The van der Waals surface area contributed by atoms with Crippen molar-refractivity contribution in [3.8, 4) is 5.69 Å². The van der Waals surface area contributed by atoms with Gasteiger partial charge in [0.2, 0.25) is 0 Å². The lowest BCUT2D eigenvalue weighted by Gasteiger charge is -2.29. The third-order valence-electron chi connectivity index (χ3n) is 4.69. The number of rotatable bonds is 3. The quantitative estimate of drug-likeness (QED) is 0.298. The lowest BCUT2D eigenvalue weighted by atomic mass is 10.1. The van der Waals surface area contributed by atoms with Gasteiger partial charge in [-0.1, -0.05) is 28.1 Å².